The molecule has 1 fully saturated rings. The van der Waals surface area contributed by atoms with Crippen molar-refractivity contribution >= 4 is 11.6 Å². The number of aliphatic hydroxyl groups is 1. The fourth-order valence-electron chi connectivity index (χ4n) is 2.06. The third-order valence-corrected chi connectivity index (χ3v) is 3.38. The van der Waals surface area contributed by atoms with Crippen molar-refractivity contribution in [1.29, 1.82) is 0 Å². The first-order chi connectivity index (χ1) is 10.2. The van der Waals surface area contributed by atoms with Crippen molar-refractivity contribution in [2.24, 2.45) is 0 Å². The molecule has 1 aromatic carbocycles. The van der Waals surface area contributed by atoms with E-state index in [2.05, 4.69) is 10.6 Å². The molecule has 5 nitrogen and oxygen atoms in total. The maximum Gasteiger partial charge on any atom is 0.251 e. The predicted octanol–water partition coefficient (Wildman–Crippen LogP) is 2.28. The van der Waals surface area contributed by atoms with E-state index in [1.165, 1.54) is 0 Å². The fourth-order valence-corrected chi connectivity index (χ4v) is 2.06. The Morgan fingerprint density at radius 2 is 2.05 bits per heavy atom. The van der Waals surface area contributed by atoms with Crippen LogP contribution in [0.1, 0.15) is 34.7 Å². The van der Waals surface area contributed by atoms with Gasteiger partial charge in [-0.1, -0.05) is 6.07 Å². The normalized spacial score (nSPS) is 14.0. The van der Waals surface area contributed by atoms with E-state index in [9.17, 15) is 4.79 Å². The van der Waals surface area contributed by atoms with Gasteiger partial charge in [0.2, 0.25) is 0 Å². The average molecular weight is 286 g/mol. The van der Waals surface area contributed by atoms with Crippen LogP contribution in [0.3, 0.4) is 0 Å². The van der Waals surface area contributed by atoms with Gasteiger partial charge in [-0.05, 0) is 43.2 Å². The molecule has 1 saturated carbocycles. The number of furan rings is 1. The summed E-state index contributed by atoms with van der Waals surface area (Å²) in [5, 5.41) is 15.1. The summed E-state index contributed by atoms with van der Waals surface area (Å²) in [6.07, 6.45) is 2.16. The molecule has 0 spiro atoms. The number of rotatable bonds is 6. The minimum atomic E-state index is -0.100. The zero-order valence-electron chi connectivity index (χ0n) is 11.6. The van der Waals surface area contributed by atoms with Gasteiger partial charge in [0.1, 0.15) is 18.1 Å². The molecule has 1 aromatic heterocycles. The van der Waals surface area contributed by atoms with Crippen LogP contribution in [-0.2, 0) is 13.2 Å². The van der Waals surface area contributed by atoms with Crippen molar-refractivity contribution < 1.29 is 14.3 Å². The summed E-state index contributed by atoms with van der Waals surface area (Å²) < 4.78 is 5.40. The molecule has 1 amide bonds. The molecule has 0 unspecified atom stereocenters. The highest BCUT2D eigenvalue weighted by atomic mass is 16.4. The molecule has 2 aromatic rings. The van der Waals surface area contributed by atoms with Crippen molar-refractivity contribution in [1.82, 2.24) is 5.32 Å². The summed E-state index contributed by atoms with van der Waals surface area (Å²) in [5.74, 6) is 1.26. The summed E-state index contributed by atoms with van der Waals surface area (Å²) in [6.45, 7) is 0.407. The smallest absolute Gasteiger partial charge is 0.251 e. The van der Waals surface area contributed by atoms with Gasteiger partial charge in [-0.2, -0.15) is 0 Å². The second kappa shape index (κ2) is 6.01. The van der Waals surface area contributed by atoms with Crippen LogP contribution in [0, 0.1) is 0 Å². The van der Waals surface area contributed by atoms with Crippen molar-refractivity contribution in [3.8, 4) is 0 Å². The molecular formula is C16H18N2O3. The van der Waals surface area contributed by atoms with Crippen LogP contribution in [0.5, 0.6) is 0 Å². The molecule has 1 heterocycles. The third-order valence-electron chi connectivity index (χ3n) is 3.38. The largest absolute Gasteiger partial charge is 0.462 e. The van der Waals surface area contributed by atoms with Crippen molar-refractivity contribution in [3.05, 3.63) is 53.5 Å². The Hall–Kier alpha value is -2.27. The topological polar surface area (TPSA) is 74.5 Å². The molecule has 0 bridgehead atoms. The Kier molecular flexibility index (Phi) is 3.92. The second-order valence-corrected chi connectivity index (χ2v) is 5.21. The zero-order valence-corrected chi connectivity index (χ0v) is 11.6. The molecule has 3 rings (SSSR count). The SMILES string of the molecule is O=C(NC1CC1)c1cccc(NCc2ccc(CO)o2)c1. The Morgan fingerprint density at radius 3 is 2.76 bits per heavy atom. The van der Waals surface area contributed by atoms with Crippen molar-refractivity contribution in [2.75, 3.05) is 5.32 Å². The first kappa shape index (κ1) is 13.7. The van der Waals surface area contributed by atoms with Crippen LogP contribution in [0.15, 0.2) is 40.8 Å². The summed E-state index contributed by atoms with van der Waals surface area (Å²) in [6, 6.07) is 11.3. The van der Waals surface area contributed by atoms with Crippen LogP contribution in [0.25, 0.3) is 0 Å². The van der Waals surface area contributed by atoms with Crippen LogP contribution >= 0.6 is 0 Å². The Labute approximate surface area is 123 Å². The maximum absolute atomic E-state index is 12.0. The number of anilines is 1. The van der Waals surface area contributed by atoms with Gasteiger partial charge < -0.3 is 20.2 Å². The predicted molar refractivity (Wildman–Crippen MR) is 78.9 cm³/mol. The Morgan fingerprint density at radius 1 is 1.24 bits per heavy atom. The van der Waals surface area contributed by atoms with E-state index in [0.717, 1.165) is 24.3 Å². The highest BCUT2D eigenvalue weighted by Gasteiger charge is 2.23. The van der Waals surface area contributed by atoms with E-state index in [-0.39, 0.29) is 12.5 Å². The van der Waals surface area contributed by atoms with E-state index < -0.39 is 0 Å². The molecule has 0 atom stereocenters. The Balaban J connectivity index is 1.60. The summed E-state index contributed by atoms with van der Waals surface area (Å²) in [5.41, 5.74) is 1.52. The lowest BCUT2D eigenvalue weighted by atomic mass is 10.2. The molecule has 0 saturated heterocycles. The lowest BCUT2D eigenvalue weighted by molar-refractivity contribution is 0.0951. The quantitative estimate of drug-likeness (QED) is 0.761. The first-order valence-corrected chi connectivity index (χ1v) is 7.08. The van der Waals surface area contributed by atoms with Gasteiger partial charge in [-0.25, -0.2) is 0 Å². The number of benzene rings is 1. The molecule has 0 radical (unpaired) electrons. The van der Waals surface area contributed by atoms with E-state index >= 15 is 0 Å². The van der Waals surface area contributed by atoms with Crippen LogP contribution < -0.4 is 10.6 Å². The van der Waals surface area contributed by atoms with Crippen LogP contribution in [0.2, 0.25) is 0 Å². The number of amides is 1. The number of carbonyl (C=O) groups excluding carboxylic acids is 1. The zero-order chi connectivity index (χ0) is 14.7. The van der Waals surface area contributed by atoms with Gasteiger partial charge in [-0.3, -0.25) is 4.79 Å². The highest BCUT2D eigenvalue weighted by Crippen LogP contribution is 2.20. The van der Waals surface area contributed by atoms with Crippen molar-refractivity contribution in [2.45, 2.75) is 32.0 Å². The summed E-state index contributed by atoms with van der Waals surface area (Å²) in [4.78, 5) is 12.0. The van der Waals surface area contributed by atoms with E-state index in [1.54, 1.807) is 12.1 Å². The molecule has 1 aliphatic carbocycles. The minimum absolute atomic E-state index is 0.0262. The van der Waals surface area contributed by atoms with E-state index in [1.807, 2.05) is 24.3 Å². The van der Waals surface area contributed by atoms with Gasteiger partial charge in [0.15, 0.2) is 0 Å². The van der Waals surface area contributed by atoms with Gasteiger partial charge in [0.05, 0.1) is 6.54 Å². The number of nitrogens with one attached hydrogen (secondary N) is 2. The monoisotopic (exact) mass is 286 g/mol. The minimum Gasteiger partial charge on any atom is -0.462 e. The van der Waals surface area contributed by atoms with Gasteiger partial charge in [0, 0.05) is 17.3 Å². The Bertz CT molecular complexity index is 632. The maximum atomic E-state index is 12.0. The number of hydrogen-bond donors (Lipinski definition) is 3. The number of aliphatic hydroxyl groups excluding tert-OH is 1. The third kappa shape index (κ3) is 3.64. The van der Waals surface area contributed by atoms with Gasteiger partial charge in [0.25, 0.3) is 5.91 Å². The lowest BCUT2D eigenvalue weighted by Gasteiger charge is -2.07. The molecule has 5 heteroatoms. The molecular weight excluding hydrogens is 268 g/mol. The fraction of sp³-hybridized carbons (Fsp3) is 0.312. The van der Waals surface area contributed by atoms with Crippen molar-refractivity contribution in [3.63, 3.8) is 0 Å². The lowest BCUT2D eigenvalue weighted by Crippen LogP contribution is -2.25. The van der Waals surface area contributed by atoms with Gasteiger partial charge in [-0.15, -0.1) is 0 Å². The summed E-state index contributed by atoms with van der Waals surface area (Å²) in [7, 11) is 0. The molecule has 21 heavy (non-hydrogen) atoms. The number of hydrogen-bond acceptors (Lipinski definition) is 4. The summed E-state index contributed by atoms with van der Waals surface area (Å²) >= 11 is 0. The second-order valence-electron chi connectivity index (χ2n) is 5.21. The van der Waals surface area contributed by atoms with Crippen LogP contribution in [0.4, 0.5) is 5.69 Å². The van der Waals surface area contributed by atoms with E-state index in [0.29, 0.717) is 23.9 Å². The molecule has 3 N–H and O–H groups in total. The standard InChI is InChI=1S/C16H18N2O3/c19-10-15-7-6-14(21-15)9-17-13-3-1-2-11(8-13)16(20)18-12-4-5-12/h1-3,6-8,12,17,19H,4-5,9-10H2,(H,18,20). The van der Waals surface area contributed by atoms with Gasteiger partial charge >= 0.3 is 0 Å². The van der Waals surface area contributed by atoms with E-state index in [4.69, 9.17) is 9.52 Å². The average Bonchev–Trinajstić information content (AvgIpc) is 3.20. The molecule has 0 aliphatic heterocycles. The highest BCUT2D eigenvalue weighted by molar-refractivity contribution is 5.95. The first-order valence-electron chi connectivity index (χ1n) is 7.08. The number of carbonyl (C=O) groups is 1. The molecule has 1 aliphatic rings. The van der Waals surface area contributed by atoms with Crippen LogP contribution in [-0.4, -0.2) is 17.1 Å². The molecule has 110 valence electrons.